The van der Waals surface area contributed by atoms with Gasteiger partial charge in [0.15, 0.2) is 0 Å². The lowest BCUT2D eigenvalue weighted by atomic mass is 10.0. The largest absolute Gasteiger partial charge is 0.434 e. The predicted octanol–water partition coefficient (Wildman–Crippen LogP) is 4.08. The van der Waals surface area contributed by atoms with Crippen molar-refractivity contribution in [1.82, 2.24) is 19.6 Å². The Morgan fingerprint density at radius 3 is 2.15 bits per heavy atom. The topological polar surface area (TPSA) is 50.6 Å². The Bertz CT molecular complexity index is 963. The molecule has 1 amide bonds. The summed E-state index contributed by atoms with van der Waals surface area (Å²) in [4.78, 5) is 15.1. The highest BCUT2D eigenvalue weighted by atomic mass is 19.4. The summed E-state index contributed by atoms with van der Waals surface area (Å²) in [5, 5.41) is 4.53. The lowest BCUT2D eigenvalue weighted by Crippen LogP contribution is -2.48. The number of rotatable bonds is 4. The monoisotopic (exact) mass is 476 g/mol. The molecular formula is C21H22F6N4O2. The number of hydrogen-bond acceptors (Lipinski definition) is 4. The number of likely N-dealkylation sites (tertiary alicyclic amines) is 2. The number of amides is 1. The van der Waals surface area contributed by atoms with Crippen molar-refractivity contribution in [3.63, 3.8) is 0 Å². The first kappa shape index (κ1) is 23.4. The maximum Gasteiger partial charge on any atom is 0.434 e. The Morgan fingerprint density at radius 2 is 1.61 bits per heavy atom. The summed E-state index contributed by atoms with van der Waals surface area (Å²) in [5.74, 6) is -0.103. The van der Waals surface area contributed by atoms with Gasteiger partial charge in [0, 0.05) is 57.1 Å². The molecule has 0 N–H and O–H groups in total. The van der Waals surface area contributed by atoms with Crippen LogP contribution in [-0.4, -0.2) is 70.3 Å². The molecule has 0 aliphatic carbocycles. The van der Waals surface area contributed by atoms with Crippen LogP contribution >= 0.6 is 0 Å². The predicted molar refractivity (Wildman–Crippen MR) is 105 cm³/mol. The number of aromatic nitrogens is 2. The number of hydrogen-bond donors (Lipinski definition) is 0. The second-order valence-electron chi connectivity index (χ2n) is 8.51. The number of nitrogens with zero attached hydrogens (tertiary/aromatic N) is 4. The van der Waals surface area contributed by atoms with Crippen LogP contribution in [-0.2, 0) is 18.3 Å². The summed E-state index contributed by atoms with van der Waals surface area (Å²) in [6.07, 6.45) is -15.2. The zero-order valence-electron chi connectivity index (χ0n) is 17.6. The van der Waals surface area contributed by atoms with Crippen LogP contribution in [0.2, 0.25) is 0 Å². The SMILES string of the molecule is Cn1cc(CN2CC3CN(C(=O)OC(C(F)(F)F)C(F)(F)F)CC3C2)c(-c2ccccc2)n1. The van der Waals surface area contributed by atoms with E-state index in [1.807, 2.05) is 43.6 Å². The molecule has 33 heavy (non-hydrogen) atoms. The van der Waals surface area contributed by atoms with Gasteiger partial charge >= 0.3 is 18.4 Å². The van der Waals surface area contributed by atoms with Crippen LogP contribution in [0.4, 0.5) is 31.1 Å². The zero-order chi connectivity index (χ0) is 24.0. The third kappa shape index (κ3) is 5.10. The molecule has 3 heterocycles. The molecule has 1 aromatic heterocycles. The summed E-state index contributed by atoms with van der Waals surface area (Å²) in [5.41, 5.74) is 2.84. The minimum Gasteiger partial charge on any atom is -0.426 e. The smallest absolute Gasteiger partial charge is 0.426 e. The number of carbonyl (C=O) groups is 1. The molecule has 2 fully saturated rings. The average molecular weight is 476 g/mol. The molecule has 12 heteroatoms. The van der Waals surface area contributed by atoms with Crippen LogP contribution in [0.5, 0.6) is 0 Å². The fraction of sp³-hybridized carbons (Fsp3) is 0.524. The Kier molecular flexibility index (Phi) is 6.06. The van der Waals surface area contributed by atoms with Crippen molar-refractivity contribution in [2.24, 2.45) is 18.9 Å². The third-order valence-electron chi connectivity index (χ3n) is 5.98. The fourth-order valence-electron chi connectivity index (χ4n) is 4.60. The van der Waals surface area contributed by atoms with Gasteiger partial charge in [-0.2, -0.15) is 31.4 Å². The van der Waals surface area contributed by atoms with Gasteiger partial charge in [-0.15, -0.1) is 0 Å². The van der Waals surface area contributed by atoms with E-state index in [4.69, 9.17) is 0 Å². The van der Waals surface area contributed by atoms with E-state index in [9.17, 15) is 31.1 Å². The molecule has 4 rings (SSSR count). The van der Waals surface area contributed by atoms with Crippen molar-refractivity contribution >= 4 is 6.09 Å². The number of ether oxygens (including phenoxy) is 1. The number of carbonyl (C=O) groups excluding carboxylic acids is 1. The molecule has 2 atom stereocenters. The van der Waals surface area contributed by atoms with Gasteiger partial charge in [0.25, 0.3) is 6.10 Å². The molecule has 2 aliphatic rings. The number of alkyl halides is 6. The van der Waals surface area contributed by atoms with Gasteiger partial charge in [-0.3, -0.25) is 9.58 Å². The summed E-state index contributed by atoms with van der Waals surface area (Å²) in [6, 6.07) is 9.68. The van der Waals surface area contributed by atoms with E-state index in [1.165, 1.54) is 0 Å². The van der Waals surface area contributed by atoms with Crippen LogP contribution in [0.25, 0.3) is 11.3 Å². The van der Waals surface area contributed by atoms with Crippen LogP contribution in [0, 0.1) is 11.8 Å². The van der Waals surface area contributed by atoms with Crippen molar-refractivity contribution in [1.29, 1.82) is 0 Å². The van der Waals surface area contributed by atoms with Crippen molar-refractivity contribution in [3.8, 4) is 11.3 Å². The summed E-state index contributed by atoms with van der Waals surface area (Å²) in [7, 11) is 1.83. The normalized spacial score (nSPS) is 21.6. The van der Waals surface area contributed by atoms with Gasteiger partial charge in [-0.05, 0) is 11.8 Å². The fourth-order valence-corrected chi connectivity index (χ4v) is 4.60. The lowest BCUT2D eigenvalue weighted by Gasteiger charge is -2.26. The van der Waals surface area contributed by atoms with E-state index in [0.29, 0.717) is 19.6 Å². The van der Waals surface area contributed by atoms with Crippen LogP contribution in [0.3, 0.4) is 0 Å². The highest BCUT2D eigenvalue weighted by Gasteiger charge is 2.60. The van der Waals surface area contributed by atoms with Gasteiger partial charge in [0.1, 0.15) is 0 Å². The summed E-state index contributed by atoms with van der Waals surface area (Å²) < 4.78 is 81.6. The van der Waals surface area contributed by atoms with E-state index in [-0.39, 0.29) is 24.9 Å². The molecule has 0 bridgehead atoms. The van der Waals surface area contributed by atoms with Gasteiger partial charge < -0.3 is 9.64 Å². The molecule has 0 radical (unpaired) electrons. The minimum atomic E-state index is -5.72. The Morgan fingerprint density at radius 1 is 1.03 bits per heavy atom. The van der Waals surface area contributed by atoms with Crippen LogP contribution < -0.4 is 0 Å². The van der Waals surface area contributed by atoms with E-state index in [2.05, 4.69) is 14.7 Å². The maximum atomic E-state index is 12.7. The van der Waals surface area contributed by atoms with Crippen molar-refractivity contribution in [2.75, 3.05) is 26.2 Å². The third-order valence-corrected chi connectivity index (χ3v) is 5.98. The van der Waals surface area contributed by atoms with E-state index in [1.54, 1.807) is 4.68 Å². The van der Waals surface area contributed by atoms with Gasteiger partial charge in [-0.25, -0.2) is 4.79 Å². The number of fused-ring (bicyclic) bond motifs is 1. The molecule has 6 nitrogen and oxygen atoms in total. The van der Waals surface area contributed by atoms with Gasteiger partial charge in [0.05, 0.1) is 5.69 Å². The molecule has 2 unspecified atom stereocenters. The van der Waals surface area contributed by atoms with Gasteiger partial charge in [0.2, 0.25) is 0 Å². The van der Waals surface area contributed by atoms with Crippen molar-refractivity contribution in [3.05, 3.63) is 42.1 Å². The second-order valence-corrected chi connectivity index (χ2v) is 8.51. The van der Waals surface area contributed by atoms with E-state index < -0.39 is 24.5 Å². The first-order valence-corrected chi connectivity index (χ1v) is 10.3. The number of aryl methyl sites for hydroxylation is 1. The Labute approximate surface area is 185 Å². The maximum absolute atomic E-state index is 12.7. The Hall–Kier alpha value is -2.76. The molecule has 2 saturated heterocycles. The van der Waals surface area contributed by atoms with Crippen molar-refractivity contribution < 1.29 is 35.9 Å². The van der Waals surface area contributed by atoms with Crippen molar-refractivity contribution in [2.45, 2.75) is 25.0 Å². The molecule has 1 aromatic carbocycles. The molecule has 0 saturated carbocycles. The molecule has 2 aromatic rings. The van der Waals surface area contributed by atoms with E-state index >= 15 is 0 Å². The quantitative estimate of drug-likeness (QED) is 0.625. The number of benzene rings is 1. The van der Waals surface area contributed by atoms with E-state index in [0.717, 1.165) is 21.7 Å². The molecular weight excluding hydrogens is 454 g/mol. The second kappa shape index (κ2) is 8.54. The first-order valence-electron chi connectivity index (χ1n) is 10.3. The molecule has 180 valence electrons. The lowest BCUT2D eigenvalue weighted by molar-refractivity contribution is -0.308. The van der Waals surface area contributed by atoms with Crippen LogP contribution in [0.15, 0.2) is 36.5 Å². The highest BCUT2D eigenvalue weighted by Crippen LogP contribution is 2.38. The Balaban J connectivity index is 1.36. The zero-order valence-corrected chi connectivity index (χ0v) is 17.6. The number of halogens is 6. The summed E-state index contributed by atoms with van der Waals surface area (Å²) >= 11 is 0. The highest BCUT2D eigenvalue weighted by molar-refractivity contribution is 5.68. The standard InChI is InChI=1S/C21H22F6N4O2/c1-29-7-16(17(28-29)13-5-3-2-4-6-13)10-30-8-14-11-31(12-15(14)9-30)19(32)33-18(20(22,23)24)21(25,26)27/h2-7,14-15,18H,8-12H2,1H3. The average Bonchev–Trinajstić information content (AvgIpc) is 3.38. The first-order chi connectivity index (χ1) is 15.4. The molecule has 2 aliphatic heterocycles. The summed E-state index contributed by atoms with van der Waals surface area (Å²) in [6.45, 7) is 1.85. The minimum absolute atomic E-state index is 0.0513. The molecule has 0 spiro atoms. The van der Waals surface area contributed by atoms with Crippen LogP contribution in [0.1, 0.15) is 5.56 Å². The van der Waals surface area contributed by atoms with Gasteiger partial charge in [-0.1, -0.05) is 30.3 Å².